The van der Waals surface area contributed by atoms with E-state index in [-0.39, 0.29) is 0 Å². The Kier molecular flexibility index (Phi) is 33.1. The number of hydrogen-bond acceptors (Lipinski definition) is 4. The van der Waals surface area contributed by atoms with E-state index in [0.717, 1.165) is 19.5 Å². The number of carbonyl (C=O) groups excluding carboxylic acids is 1. The zero-order valence-electron chi connectivity index (χ0n) is 18.1. The molecule has 5 nitrogen and oxygen atoms in total. The molecule has 0 spiro atoms. The summed E-state index contributed by atoms with van der Waals surface area (Å²) in [5, 5.41) is 7.42. The van der Waals surface area contributed by atoms with Crippen LogP contribution >= 0.6 is 0 Å². The van der Waals surface area contributed by atoms with E-state index in [4.69, 9.17) is 15.6 Å². The third kappa shape index (κ3) is 45.6. The fraction of sp³-hybridized carbons (Fsp3) is 0.818. The molecule has 0 aliphatic carbocycles. The van der Waals surface area contributed by atoms with E-state index >= 15 is 0 Å². The quantitative estimate of drug-likeness (QED) is 0.208. The van der Waals surface area contributed by atoms with Crippen LogP contribution in [0.25, 0.3) is 0 Å². The van der Waals surface area contributed by atoms with Gasteiger partial charge in [-0.1, -0.05) is 97.0 Å². The van der Waals surface area contributed by atoms with Gasteiger partial charge in [0, 0.05) is 13.0 Å². The molecule has 0 unspecified atom stereocenters. The van der Waals surface area contributed by atoms with E-state index < -0.39 is 11.9 Å². The Labute approximate surface area is 167 Å². The summed E-state index contributed by atoms with van der Waals surface area (Å²) in [6.45, 7) is 7.40. The fourth-order valence-corrected chi connectivity index (χ4v) is 2.42. The first-order valence-corrected chi connectivity index (χ1v) is 10.6. The molecule has 0 atom stereocenters. The number of rotatable bonds is 15. The molecule has 0 fully saturated rings. The Balaban J connectivity index is -0.000000472. The predicted molar refractivity (Wildman–Crippen MR) is 115 cm³/mol. The lowest BCUT2D eigenvalue weighted by Crippen LogP contribution is -1.97. The van der Waals surface area contributed by atoms with Gasteiger partial charge in [-0.15, -0.1) is 0 Å². The van der Waals surface area contributed by atoms with Crippen molar-refractivity contribution in [3.05, 3.63) is 12.7 Å². The highest BCUT2D eigenvalue weighted by Crippen LogP contribution is 2.12. The summed E-state index contributed by atoms with van der Waals surface area (Å²) in [6, 6.07) is 0. The van der Waals surface area contributed by atoms with Gasteiger partial charge in [0.1, 0.15) is 0 Å². The molecular weight excluding hydrogens is 342 g/mol. The minimum atomic E-state index is -0.833. The second-order valence-corrected chi connectivity index (χ2v) is 6.63. The van der Waals surface area contributed by atoms with Gasteiger partial charge in [-0.25, -0.2) is 4.79 Å². The van der Waals surface area contributed by atoms with E-state index in [1.165, 1.54) is 97.0 Å². The molecule has 0 saturated heterocycles. The van der Waals surface area contributed by atoms with Crippen LogP contribution in [0, 0.1) is 0 Å². The normalized spacial score (nSPS) is 9.33. The largest absolute Gasteiger partial charge is 0.481 e. The molecule has 3 N–H and O–H groups in total. The summed E-state index contributed by atoms with van der Waals surface area (Å²) < 4.78 is 4.14. The van der Waals surface area contributed by atoms with Crippen molar-refractivity contribution < 1.29 is 19.4 Å². The van der Waals surface area contributed by atoms with Gasteiger partial charge in [-0.05, 0) is 13.0 Å². The van der Waals surface area contributed by atoms with Gasteiger partial charge in [-0.2, -0.15) is 0 Å². The molecule has 0 aromatic rings. The molecule has 5 heteroatoms. The van der Waals surface area contributed by atoms with Crippen molar-refractivity contribution in [2.45, 2.75) is 104 Å². The maximum atomic E-state index is 9.84. The number of aliphatic carboxylic acids is 1. The third-order valence-corrected chi connectivity index (χ3v) is 3.93. The highest BCUT2D eigenvalue weighted by Gasteiger charge is 1.93. The van der Waals surface area contributed by atoms with Crippen LogP contribution in [0.4, 0.5) is 0 Å². The number of ether oxygens (including phenoxy) is 1. The molecule has 0 bridgehead atoms. The molecule has 27 heavy (non-hydrogen) atoms. The Hall–Kier alpha value is -1.36. The molecule has 0 aliphatic rings. The van der Waals surface area contributed by atoms with E-state index in [0.29, 0.717) is 0 Å². The van der Waals surface area contributed by atoms with Crippen LogP contribution in [0.3, 0.4) is 0 Å². The number of methoxy groups -OCH3 is 1. The van der Waals surface area contributed by atoms with Crippen LogP contribution in [0.2, 0.25) is 0 Å². The molecule has 0 rings (SSSR count). The van der Waals surface area contributed by atoms with Crippen molar-refractivity contribution in [2.75, 3.05) is 13.7 Å². The molecule has 0 heterocycles. The Morgan fingerprint density at radius 2 is 1.15 bits per heavy atom. The molecule has 0 amide bonds. The van der Waals surface area contributed by atoms with Gasteiger partial charge in [0.15, 0.2) is 0 Å². The fourth-order valence-electron chi connectivity index (χ4n) is 2.42. The standard InChI is InChI=1S/C16H35N.C4H6O2.C2H4O2/c1-2-3-4-5-6-7-8-9-10-11-12-13-14-15-16-17;1-3-4(5)6-2;1-2(3)4/h2-17H2,1H3;3H,1H2,2H3;1H3,(H,3,4). The van der Waals surface area contributed by atoms with Crippen molar-refractivity contribution in [2.24, 2.45) is 5.73 Å². The molecule has 0 radical (unpaired) electrons. The van der Waals surface area contributed by atoms with Crippen LogP contribution in [0.5, 0.6) is 0 Å². The van der Waals surface area contributed by atoms with Gasteiger partial charge in [0.05, 0.1) is 7.11 Å². The van der Waals surface area contributed by atoms with Gasteiger partial charge in [0.2, 0.25) is 0 Å². The maximum absolute atomic E-state index is 9.84. The molecule has 0 aromatic carbocycles. The highest BCUT2D eigenvalue weighted by molar-refractivity contribution is 5.80. The summed E-state index contributed by atoms with van der Waals surface area (Å²) >= 11 is 0. The zero-order chi connectivity index (χ0) is 21.2. The summed E-state index contributed by atoms with van der Waals surface area (Å²) in [5.74, 6) is -1.23. The van der Waals surface area contributed by atoms with Gasteiger partial charge < -0.3 is 15.6 Å². The molecule has 0 saturated carbocycles. The number of carboxylic acids is 1. The lowest BCUT2D eigenvalue weighted by Gasteiger charge is -2.02. The monoisotopic (exact) mass is 387 g/mol. The lowest BCUT2D eigenvalue weighted by atomic mass is 10.0. The van der Waals surface area contributed by atoms with Gasteiger partial charge in [0.25, 0.3) is 5.97 Å². The van der Waals surface area contributed by atoms with Crippen LogP contribution in [0.15, 0.2) is 12.7 Å². The molecular formula is C22H45NO4. The Morgan fingerprint density at radius 3 is 1.33 bits per heavy atom. The van der Waals surface area contributed by atoms with E-state index in [2.05, 4.69) is 18.2 Å². The second kappa shape index (κ2) is 29.4. The molecule has 162 valence electrons. The topological polar surface area (TPSA) is 89.6 Å². The van der Waals surface area contributed by atoms with E-state index in [1.807, 2.05) is 0 Å². The number of esters is 1. The van der Waals surface area contributed by atoms with Crippen LogP contribution in [0.1, 0.15) is 104 Å². The number of nitrogens with two attached hydrogens (primary N) is 1. The zero-order valence-corrected chi connectivity index (χ0v) is 18.1. The van der Waals surface area contributed by atoms with Gasteiger partial charge >= 0.3 is 5.97 Å². The Bertz CT molecular complexity index is 301. The first-order chi connectivity index (χ1) is 13.0. The average molecular weight is 388 g/mol. The summed E-state index contributed by atoms with van der Waals surface area (Å²) in [4.78, 5) is 18.8. The third-order valence-electron chi connectivity index (χ3n) is 3.93. The predicted octanol–water partition coefficient (Wildman–Crippen LogP) is 5.86. The number of unbranched alkanes of at least 4 members (excludes halogenated alkanes) is 13. The molecule has 0 aliphatic heterocycles. The number of carboxylic acid groups (broad SMARTS) is 1. The first-order valence-electron chi connectivity index (χ1n) is 10.6. The van der Waals surface area contributed by atoms with Crippen molar-refractivity contribution in [3.63, 3.8) is 0 Å². The highest BCUT2D eigenvalue weighted by atomic mass is 16.5. The summed E-state index contributed by atoms with van der Waals surface area (Å²) in [7, 11) is 1.31. The van der Waals surface area contributed by atoms with E-state index in [9.17, 15) is 4.79 Å². The average Bonchev–Trinajstić information content (AvgIpc) is 2.65. The Morgan fingerprint density at radius 1 is 0.852 bits per heavy atom. The van der Waals surface area contributed by atoms with Crippen LogP contribution in [-0.2, 0) is 14.3 Å². The minimum Gasteiger partial charge on any atom is -0.481 e. The van der Waals surface area contributed by atoms with Gasteiger partial charge in [-0.3, -0.25) is 4.79 Å². The van der Waals surface area contributed by atoms with Crippen LogP contribution < -0.4 is 5.73 Å². The van der Waals surface area contributed by atoms with Crippen LogP contribution in [-0.4, -0.2) is 30.7 Å². The maximum Gasteiger partial charge on any atom is 0.329 e. The number of hydrogen-bond donors (Lipinski definition) is 2. The van der Waals surface area contributed by atoms with Crippen molar-refractivity contribution >= 4 is 11.9 Å². The smallest absolute Gasteiger partial charge is 0.329 e. The summed E-state index contributed by atoms with van der Waals surface area (Å²) in [6.07, 6.45) is 21.0. The number of carbonyl (C=O) groups is 2. The second-order valence-electron chi connectivity index (χ2n) is 6.63. The van der Waals surface area contributed by atoms with Crippen molar-refractivity contribution in [1.82, 2.24) is 0 Å². The SMILES string of the molecule is C=CC(=O)OC.CC(=O)O.CCCCCCCCCCCCCCCCN. The van der Waals surface area contributed by atoms with Crippen molar-refractivity contribution in [3.8, 4) is 0 Å². The first kappa shape index (κ1) is 30.4. The lowest BCUT2D eigenvalue weighted by molar-refractivity contribution is -0.135. The molecule has 0 aromatic heterocycles. The minimum absolute atomic E-state index is 0.394. The van der Waals surface area contributed by atoms with Crippen molar-refractivity contribution in [1.29, 1.82) is 0 Å². The summed E-state index contributed by atoms with van der Waals surface area (Å²) in [5.41, 5.74) is 5.47. The van der Waals surface area contributed by atoms with E-state index in [1.54, 1.807) is 0 Å².